The van der Waals surface area contributed by atoms with Crippen LogP contribution in [0.3, 0.4) is 0 Å². The van der Waals surface area contributed by atoms with Crippen LogP contribution in [0, 0.1) is 0 Å². The van der Waals surface area contributed by atoms with Crippen molar-refractivity contribution in [3.05, 3.63) is 400 Å². The van der Waals surface area contributed by atoms with Gasteiger partial charge < -0.3 is 22.7 Å². The molecule has 0 saturated carbocycles. The highest BCUT2D eigenvalue weighted by molar-refractivity contribution is 6.25. The summed E-state index contributed by atoms with van der Waals surface area (Å²) >= 11 is 0. The number of rotatable bonds is 10. The minimum atomic E-state index is 0.436. The molecule has 8 heterocycles. The summed E-state index contributed by atoms with van der Waals surface area (Å²) in [6.07, 6.45) is 0. The molecule has 0 aliphatic heterocycles. The highest BCUT2D eigenvalue weighted by Crippen LogP contribution is 2.48. The zero-order valence-electron chi connectivity index (χ0n) is 62.5. The van der Waals surface area contributed by atoms with E-state index in [1.54, 1.807) is 0 Å². The molecule has 17 aromatic carbocycles. The Morgan fingerprint density at radius 3 is 0.922 bits per heavy atom. The van der Waals surface area contributed by atoms with E-state index >= 15 is 0 Å². The molecule has 25 aromatic rings. The van der Waals surface area contributed by atoms with E-state index in [9.17, 15) is 0 Å². The molecular formula is C105H66N10O. The molecule has 542 valence electrons. The van der Waals surface area contributed by atoms with Crippen LogP contribution in [0.5, 0.6) is 0 Å². The molecule has 8 aromatic heterocycles. The normalized spacial score (nSPS) is 12.0. The molecule has 0 spiro atoms. The molecule has 0 aliphatic carbocycles. The summed E-state index contributed by atoms with van der Waals surface area (Å²) < 4.78 is 22.7. The molecule has 0 saturated heterocycles. The van der Waals surface area contributed by atoms with Gasteiger partial charge in [0.2, 0.25) is 11.8 Å². The van der Waals surface area contributed by atoms with Crippen molar-refractivity contribution >= 4 is 142 Å². The Morgan fingerprint density at radius 2 is 0.491 bits per heavy atom. The highest BCUT2D eigenvalue weighted by atomic mass is 16.4. The van der Waals surface area contributed by atoms with Crippen molar-refractivity contribution in [1.82, 2.24) is 47.2 Å². The zero-order valence-corrected chi connectivity index (χ0v) is 62.5. The van der Waals surface area contributed by atoms with E-state index in [2.05, 4.69) is 412 Å². The molecule has 0 aliphatic rings. The van der Waals surface area contributed by atoms with Crippen LogP contribution >= 0.6 is 0 Å². The average Bonchev–Trinajstić information content (AvgIpc) is 1.56. The fourth-order valence-electron chi connectivity index (χ4n) is 18.9. The average molecular weight is 1480 g/mol. The molecule has 25 rings (SSSR count). The molecular weight excluding hydrogens is 1420 g/mol. The second-order valence-corrected chi connectivity index (χ2v) is 29.8. The van der Waals surface area contributed by atoms with Gasteiger partial charge in [-0.2, -0.15) is 0 Å². The van der Waals surface area contributed by atoms with Crippen LogP contribution in [0.1, 0.15) is 0 Å². The van der Waals surface area contributed by atoms with E-state index < -0.39 is 0 Å². The molecule has 0 fully saturated rings. The number of fused-ring (bicyclic) bond motifs is 19. The summed E-state index contributed by atoms with van der Waals surface area (Å²) in [6.45, 7) is 0. The third kappa shape index (κ3) is 9.76. The van der Waals surface area contributed by atoms with Crippen LogP contribution in [0.25, 0.3) is 216 Å². The first-order valence-corrected chi connectivity index (χ1v) is 39.3. The van der Waals surface area contributed by atoms with Gasteiger partial charge in [0.1, 0.15) is 0 Å². The van der Waals surface area contributed by atoms with Gasteiger partial charge >= 0.3 is 6.01 Å². The Morgan fingerprint density at radius 1 is 0.190 bits per heavy atom. The molecule has 0 atom stereocenters. The van der Waals surface area contributed by atoms with Crippen LogP contribution in [-0.2, 0) is 0 Å². The van der Waals surface area contributed by atoms with Gasteiger partial charge in [-0.25, -0.2) is 4.98 Å². The first-order valence-electron chi connectivity index (χ1n) is 39.3. The maximum Gasteiger partial charge on any atom is 0.327 e. The van der Waals surface area contributed by atoms with Crippen LogP contribution in [-0.4, -0.2) is 47.2 Å². The van der Waals surface area contributed by atoms with Crippen LogP contribution in [0.4, 0.5) is 0 Å². The summed E-state index contributed by atoms with van der Waals surface area (Å²) in [5.41, 5.74) is 27.0. The molecule has 0 N–H and O–H groups in total. The van der Waals surface area contributed by atoms with Crippen molar-refractivity contribution in [1.29, 1.82) is 0 Å². The highest BCUT2D eigenvalue weighted by Gasteiger charge is 2.28. The number of imidazole rings is 1. The third-order valence-corrected chi connectivity index (χ3v) is 23.6. The van der Waals surface area contributed by atoms with Crippen molar-refractivity contribution < 1.29 is 4.42 Å². The predicted molar refractivity (Wildman–Crippen MR) is 478 cm³/mol. The Labute approximate surface area is 663 Å². The number of hydrogen-bond acceptors (Lipinski definition) is 4. The fourth-order valence-corrected chi connectivity index (χ4v) is 18.9. The zero-order chi connectivity index (χ0) is 76.1. The summed E-state index contributed by atoms with van der Waals surface area (Å²) in [5, 5.41) is 23.5. The predicted octanol–water partition coefficient (Wildman–Crippen LogP) is 26.7. The fraction of sp³-hybridized carbons (Fsp3) is 0. The minimum Gasteiger partial charge on any atom is -0.403 e. The first-order chi connectivity index (χ1) is 57.6. The SMILES string of the molecule is c1ccc(-c2nnc(-n3c4ccccc4c4c(-c5cccc6c5c5ccccc5n6-c5ccc6c(c5)c5ccccc5n6-c5ccccc5)cccc43)o2)cc1.c1ccc(-n2c(-n3c4ccccc4c4c(-c5cccc6c5c5ccccc5n6-c5ccc6c(c5)c5ccccc5n6-c5ccccc5)cccc43)nc3ccccc32)cc1. The molecule has 0 amide bonds. The monoisotopic (exact) mass is 1480 g/mol. The van der Waals surface area contributed by atoms with Crippen molar-refractivity contribution in [2.24, 2.45) is 0 Å². The van der Waals surface area contributed by atoms with Crippen molar-refractivity contribution in [3.63, 3.8) is 0 Å². The number of para-hydroxylation sites is 11. The second kappa shape index (κ2) is 25.9. The summed E-state index contributed by atoms with van der Waals surface area (Å²) in [5.74, 6) is 1.35. The van der Waals surface area contributed by atoms with Gasteiger partial charge in [-0.1, -0.05) is 248 Å². The Kier molecular flexibility index (Phi) is 14.5. The standard InChI is InChI=1S/C55H35N5.C50H31N5O/c1-3-17-36(18-4-1)57-46-27-11-7-21-39(46)44-35-38(33-34-49(44)57)58-47-28-12-8-22-42(47)53-40(24-15-31-51(53)58)41-25-16-32-52-54(41)43-23-9-13-29-48(43)60(52)55-56-45-26-10-14-30-50(45)59(55)37-19-5-2-6-20-37;1-3-15-32(16-4-1)49-51-52-50(56-49)55-43-26-12-9-21-39(43)48-37(23-14-28-46(48)55)36-22-13-27-45-47(36)38-20-8-11-25-42(38)54(45)34-29-30-44-40(31-34)35-19-7-10-24-41(35)53(44)33-17-5-2-6-18-33/h1-35H;1-31H. The Bertz CT molecular complexity index is 8270. The topological polar surface area (TPSA) is 86.3 Å². The van der Waals surface area contributed by atoms with E-state index in [1.165, 1.54) is 104 Å². The van der Waals surface area contributed by atoms with Crippen LogP contribution < -0.4 is 0 Å². The van der Waals surface area contributed by atoms with Gasteiger partial charge in [0.05, 0.1) is 77.2 Å². The molecule has 116 heavy (non-hydrogen) atoms. The van der Waals surface area contributed by atoms with Crippen molar-refractivity contribution in [3.8, 4) is 74.1 Å². The summed E-state index contributed by atoms with van der Waals surface area (Å²) in [6, 6.07) is 144. The summed E-state index contributed by atoms with van der Waals surface area (Å²) in [7, 11) is 0. The smallest absolute Gasteiger partial charge is 0.327 e. The van der Waals surface area contributed by atoms with Crippen LogP contribution in [0.15, 0.2) is 405 Å². The van der Waals surface area contributed by atoms with Crippen molar-refractivity contribution in [2.75, 3.05) is 0 Å². The molecule has 0 bridgehead atoms. The third-order valence-electron chi connectivity index (χ3n) is 23.6. The number of benzene rings is 17. The minimum absolute atomic E-state index is 0.436. The maximum atomic E-state index is 6.38. The lowest BCUT2D eigenvalue weighted by molar-refractivity contribution is 0.546. The van der Waals surface area contributed by atoms with Gasteiger partial charge in [-0.15, -0.1) is 5.10 Å². The van der Waals surface area contributed by atoms with Gasteiger partial charge in [0.25, 0.3) is 0 Å². The Hall–Kier alpha value is -15.9. The van der Waals surface area contributed by atoms with E-state index in [4.69, 9.17) is 9.40 Å². The molecule has 0 unspecified atom stereocenters. The number of aromatic nitrogens is 10. The molecule has 0 radical (unpaired) electrons. The van der Waals surface area contributed by atoms with Crippen molar-refractivity contribution in [2.45, 2.75) is 0 Å². The maximum absolute atomic E-state index is 6.38. The van der Waals surface area contributed by atoms with E-state index in [-0.39, 0.29) is 0 Å². The van der Waals surface area contributed by atoms with E-state index in [1.807, 2.05) is 30.3 Å². The summed E-state index contributed by atoms with van der Waals surface area (Å²) in [4.78, 5) is 5.34. The molecule has 11 nitrogen and oxygen atoms in total. The quantitative estimate of drug-likeness (QED) is 0.137. The lowest BCUT2D eigenvalue weighted by atomic mass is 9.95. The van der Waals surface area contributed by atoms with Gasteiger partial charge in [0, 0.05) is 98.6 Å². The number of hydrogen-bond donors (Lipinski definition) is 0. The lowest BCUT2D eigenvalue weighted by Gasteiger charge is -2.13. The van der Waals surface area contributed by atoms with Gasteiger partial charge in [-0.3, -0.25) is 13.7 Å². The van der Waals surface area contributed by atoms with Gasteiger partial charge in [0.15, 0.2) is 0 Å². The van der Waals surface area contributed by atoms with E-state index in [0.29, 0.717) is 11.9 Å². The molecule has 11 heteroatoms. The first kappa shape index (κ1) is 64.9. The lowest BCUT2D eigenvalue weighted by Crippen LogP contribution is -2.05. The van der Waals surface area contributed by atoms with Crippen LogP contribution in [0.2, 0.25) is 0 Å². The largest absolute Gasteiger partial charge is 0.403 e. The van der Waals surface area contributed by atoms with E-state index in [0.717, 1.165) is 100 Å². The number of nitrogens with zero attached hydrogens (tertiary/aromatic N) is 10. The second-order valence-electron chi connectivity index (χ2n) is 29.8. The Balaban J connectivity index is 0.000000134. The van der Waals surface area contributed by atoms with Gasteiger partial charge in [-0.05, 0) is 180 Å².